The van der Waals surface area contributed by atoms with Crippen molar-refractivity contribution in [1.29, 1.82) is 0 Å². The Hall–Kier alpha value is -1.03. The van der Waals surface area contributed by atoms with Gasteiger partial charge in [0.2, 0.25) is 10.0 Å². The Morgan fingerprint density at radius 2 is 1.88 bits per heavy atom. The lowest BCUT2D eigenvalue weighted by Crippen LogP contribution is -2.20. The van der Waals surface area contributed by atoms with Gasteiger partial charge in [0.25, 0.3) is 0 Å². The van der Waals surface area contributed by atoms with Crippen LogP contribution in [0.4, 0.5) is 5.69 Å². The molecule has 0 aliphatic carbocycles. The molecule has 0 spiro atoms. The second-order valence-electron chi connectivity index (χ2n) is 5.32. The van der Waals surface area contributed by atoms with Crippen LogP contribution in [0.15, 0.2) is 18.2 Å². The van der Waals surface area contributed by atoms with Crippen molar-refractivity contribution in [3.8, 4) is 0 Å². The maximum absolute atomic E-state index is 11.7. The predicted octanol–water partition coefficient (Wildman–Crippen LogP) is 2.26. The molecule has 0 aromatic heterocycles. The lowest BCUT2D eigenvalue weighted by molar-refractivity contribution is 0.589. The molecule has 1 aromatic carbocycles. The molecule has 4 heteroatoms. The van der Waals surface area contributed by atoms with Crippen molar-refractivity contribution in [3.05, 3.63) is 29.3 Å². The lowest BCUT2D eigenvalue weighted by atomic mass is 9.86. The van der Waals surface area contributed by atoms with Gasteiger partial charge in [-0.25, -0.2) is 8.42 Å². The largest absolute Gasteiger partial charge is 0.273 e. The van der Waals surface area contributed by atoms with E-state index in [4.69, 9.17) is 0 Å². The van der Waals surface area contributed by atoms with Gasteiger partial charge >= 0.3 is 0 Å². The molecule has 16 heavy (non-hydrogen) atoms. The van der Waals surface area contributed by atoms with Crippen molar-refractivity contribution >= 4 is 15.7 Å². The SMILES string of the molecule is CN1c2ccc(C(C)(C)C)cc2CS1(=O)=O. The highest BCUT2D eigenvalue weighted by Gasteiger charge is 2.30. The highest BCUT2D eigenvalue weighted by Crippen LogP contribution is 2.35. The van der Waals surface area contributed by atoms with Gasteiger partial charge in [-0.05, 0) is 22.6 Å². The molecule has 0 atom stereocenters. The number of benzene rings is 1. The number of rotatable bonds is 0. The number of fused-ring (bicyclic) bond motifs is 1. The summed E-state index contributed by atoms with van der Waals surface area (Å²) in [6, 6.07) is 5.92. The molecule has 0 bridgehead atoms. The molecular formula is C12H17NO2S. The van der Waals surface area contributed by atoms with Gasteiger partial charge in [0.05, 0.1) is 11.4 Å². The predicted molar refractivity (Wildman–Crippen MR) is 66.2 cm³/mol. The number of hydrogen-bond donors (Lipinski definition) is 0. The molecule has 0 unspecified atom stereocenters. The Morgan fingerprint density at radius 3 is 2.44 bits per heavy atom. The van der Waals surface area contributed by atoms with E-state index < -0.39 is 10.0 Å². The van der Waals surface area contributed by atoms with Crippen LogP contribution < -0.4 is 4.31 Å². The summed E-state index contributed by atoms with van der Waals surface area (Å²) in [5.41, 5.74) is 2.96. The Labute approximate surface area is 97.1 Å². The first-order valence-corrected chi connectivity index (χ1v) is 6.93. The van der Waals surface area contributed by atoms with E-state index in [1.165, 1.54) is 9.87 Å². The van der Waals surface area contributed by atoms with E-state index in [-0.39, 0.29) is 11.2 Å². The maximum Gasteiger partial charge on any atom is 0.239 e. The molecule has 2 rings (SSSR count). The zero-order chi connectivity index (χ0) is 12.1. The highest BCUT2D eigenvalue weighted by atomic mass is 32.2. The minimum absolute atomic E-state index is 0.0555. The van der Waals surface area contributed by atoms with Crippen LogP contribution in [0.5, 0.6) is 0 Å². The van der Waals surface area contributed by atoms with Crippen LogP contribution in [0, 0.1) is 0 Å². The minimum Gasteiger partial charge on any atom is -0.273 e. The standard InChI is InChI=1S/C12H17NO2S/c1-12(2,3)10-5-6-11-9(7-10)8-16(14,15)13(11)4/h5-7H,8H2,1-4H3. The molecular weight excluding hydrogens is 222 g/mol. The average Bonchev–Trinajstić information content (AvgIpc) is 2.36. The Morgan fingerprint density at radius 1 is 1.25 bits per heavy atom. The maximum atomic E-state index is 11.7. The normalized spacial score (nSPS) is 18.6. The Balaban J connectivity index is 2.54. The highest BCUT2D eigenvalue weighted by molar-refractivity contribution is 7.92. The van der Waals surface area contributed by atoms with Crippen molar-refractivity contribution < 1.29 is 8.42 Å². The van der Waals surface area contributed by atoms with Gasteiger partial charge in [-0.3, -0.25) is 4.31 Å². The van der Waals surface area contributed by atoms with Crippen molar-refractivity contribution in [2.24, 2.45) is 0 Å². The van der Waals surface area contributed by atoms with Crippen LogP contribution >= 0.6 is 0 Å². The zero-order valence-electron chi connectivity index (χ0n) is 10.1. The van der Waals surface area contributed by atoms with E-state index >= 15 is 0 Å². The van der Waals surface area contributed by atoms with Crippen molar-refractivity contribution in [1.82, 2.24) is 0 Å². The molecule has 0 radical (unpaired) electrons. The average molecular weight is 239 g/mol. The summed E-state index contributed by atoms with van der Waals surface area (Å²) in [4.78, 5) is 0. The van der Waals surface area contributed by atoms with Gasteiger partial charge in [0.1, 0.15) is 0 Å². The fourth-order valence-electron chi connectivity index (χ4n) is 1.92. The summed E-state index contributed by atoms with van der Waals surface area (Å²) >= 11 is 0. The zero-order valence-corrected chi connectivity index (χ0v) is 10.9. The van der Waals surface area contributed by atoms with Crippen LogP contribution in [0.2, 0.25) is 0 Å². The first-order valence-electron chi connectivity index (χ1n) is 5.32. The van der Waals surface area contributed by atoms with Crippen LogP contribution in [-0.4, -0.2) is 15.5 Å². The second kappa shape index (κ2) is 3.23. The van der Waals surface area contributed by atoms with E-state index in [0.717, 1.165) is 11.3 Å². The summed E-state index contributed by atoms with van der Waals surface area (Å²) in [5, 5.41) is 0. The first kappa shape index (κ1) is 11.5. The van der Waals surface area contributed by atoms with E-state index in [1.54, 1.807) is 7.05 Å². The third kappa shape index (κ3) is 1.71. The van der Waals surface area contributed by atoms with Gasteiger partial charge in [0.15, 0.2) is 0 Å². The Kier molecular flexibility index (Phi) is 2.31. The molecule has 88 valence electrons. The summed E-state index contributed by atoms with van der Waals surface area (Å²) in [6.07, 6.45) is 0. The molecule has 1 aliphatic heterocycles. The number of sulfonamides is 1. The van der Waals surface area contributed by atoms with E-state index in [0.29, 0.717) is 0 Å². The molecule has 0 saturated carbocycles. The second-order valence-corrected chi connectivity index (χ2v) is 7.32. The molecule has 0 N–H and O–H groups in total. The lowest BCUT2D eigenvalue weighted by Gasteiger charge is -2.20. The molecule has 1 aliphatic rings. The van der Waals surface area contributed by atoms with Crippen LogP contribution in [0.1, 0.15) is 31.9 Å². The van der Waals surface area contributed by atoms with Gasteiger partial charge in [-0.15, -0.1) is 0 Å². The molecule has 3 nitrogen and oxygen atoms in total. The van der Waals surface area contributed by atoms with Crippen molar-refractivity contribution in [3.63, 3.8) is 0 Å². The Bertz CT molecular complexity index is 526. The van der Waals surface area contributed by atoms with Gasteiger partial charge < -0.3 is 0 Å². The third-order valence-corrected chi connectivity index (χ3v) is 4.75. The fraction of sp³-hybridized carbons (Fsp3) is 0.500. The van der Waals surface area contributed by atoms with E-state index in [9.17, 15) is 8.42 Å². The van der Waals surface area contributed by atoms with Crippen LogP contribution in [-0.2, 0) is 21.2 Å². The third-order valence-electron chi connectivity index (χ3n) is 3.04. The summed E-state index contributed by atoms with van der Waals surface area (Å²) < 4.78 is 24.8. The number of hydrogen-bond acceptors (Lipinski definition) is 2. The van der Waals surface area contributed by atoms with Gasteiger partial charge in [-0.2, -0.15) is 0 Å². The van der Waals surface area contributed by atoms with Crippen molar-refractivity contribution in [2.75, 3.05) is 11.4 Å². The molecule has 0 saturated heterocycles. The molecule has 1 heterocycles. The minimum atomic E-state index is -3.11. The van der Waals surface area contributed by atoms with Crippen LogP contribution in [0.25, 0.3) is 0 Å². The summed E-state index contributed by atoms with van der Waals surface area (Å²) in [7, 11) is -1.50. The van der Waals surface area contributed by atoms with E-state index in [2.05, 4.69) is 20.8 Å². The van der Waals surface area contributed by atoms with Gasteiger partial charge in [-0.1, -0.05) is 32.9 Å². The summed E-state index contributed by atoms with van der Waals surface area (Å²) in [5.74, 6) is 0.128. The van der Waals surface area contributed by atoms with Gasteiger partial charge in [0, 0.05) is 7.05 Å². The first-order chi connectivity index (χ1) is 7.22. The fourth-order valence-corrected chi connectivity index (χ4v) is 3.21. The molecule has 0 amide bonds. The topological polar surface area (TPSA) is 37.4 Å². The number of nitrogens with zero attached hydrogens (tertiary/aromatic N) is 1. The molecule has 0 fully saturated rings. The monoisotopic (exact) mass is 239 g/mol. The van der Waals surface area contributed by atoms with Crippen LogP contribution in [0.3, 0.4) is 0 Å². The van der Waals surface area contributed by atoms with E-state index in [1.807, 2.05) is 18.2 Å². The quantitative estimate of drug-likeness (QED) is 0.696. The smallest absolute Gasteiger partial charge is 0.239 e. The summed E-state index contributed by atoms with van der Waals surface area (Å²) in [6.45, 7) is 6.38. The van der Waals surface area contributed by atoms with Crippen molar-refractivity contribution in [2.45, 2.75) is 31.9 Å². The number of anilines is 1. The molecule has 1 aromatic rings.